The molecule has 0 aliphatic carbocycles. The minimum absolute atomic E-state index is 0.113. The SMILES string of the molecule is Cc1cccc(N)c1-c1nnnn1CC(C)(C)C(C)C. The summed E-state index contributed by atoms with van der Waals surface area (Å²) in [5.41, 5.74) is 8.93. The number of hydrogen-bond acceptors (Lipinski definition) is 4. The second-order valence-electron chi connectivity index (χ2n) is 6.34. The van der Waals surface area contributed by atoms with Crippen LogP contribution in [0.25, 0.3) is 11.4 Å². The molecule has 1 aromatic carbocycles. The van der Waals surface area contributed by atoms with E-state index < -0.39 is 0 Å². The van der Waals surface area contributed by atoms with Crippen molar-refractivity contribution in [2.24, 2.45) is 11.3 Å². The fraction of sp³-hybridized carbons (Fsp3) is 0.533. The van der Waals surface area contributed by atoms with Gasteiger partial charge in [0.2, 0.25) is 0 Å². The maximum absolute atomic E-state index is 6.10. The van der Waals surface area contributed by atoms with Gasteiger partial charge in [-0.2, -0.15) is 0 Å². The molecule has 5 heteroatoms. The Kier molecular flexibility index (Phi) is 3.79. The lowest BCUT2D eigenvalue weighted by molar-refractivity contribution is 0.200. The number of nitrogens with zero attached hydrogens (tertiary/aromatic N) is 4. The molecule has 0 aliphatic heterocycles. The van der Waals surface area contributed by atoms with Gasteiger partial charge >= 0.3 is 0 Å². The van der Waals surface area contributed by atoms with Gasteiger partial charge in [-0.1, -0.05) is 39.8 Å². The van der Waals surface area contributed by atoms with Crippen molar-refractivity contribution in [2.75, 3.05) is 5.73 Å². The minimum atomic E-state index is 0.113. The molecule has 0 unspecified atom stereocenters. The van der Waals surface area contributed by atoms with Gasteiger partial charge in [-0.25, -0.2) is 4.68 Å². The number of anilines is 1. The van der Waals surface area contributed by atoms with Crippen molar-refractivity contribution in [3.8, 4) is 11.4 Å². The zero-order valence-electron chi connectivity index (χ0n) is 12.9. The molecule has 1 aromatic heterocycles. The van der Waals surface area contributed by atoms with Crippen LogP contribution in [0.15, 0.2) is 18.2 Å². The lowest BCUT2D eigenvalue weighted by Crippen LogP contribution is -2.26. The third-order valence-corrected chi connectivity index (χ3v) is 4.18. The molecule has 0 bridgehead atoms. The normalized spacial score (nSPS) is 12.1. The first-order valence-corrected chi connectivity index (χ1v) is 6.94. The van der Waals surface area contributed by atoms with Gasteiger partial charge in [0.05, 0.1) is 6.54 Å². The van der Waals surface area contributed by atoms with Gasteiger partial charge in [-0.15, -0.1) is 5.10 Å². The first-order valence-electron chi connectivity index (χ1n) is 6.94. The Bertz CT molecular complexity index is 578. The third kappa shape index (κ3) is 2.66. The van der Waals surface area contributed by atoms with Crippen LogP contribution >= 0.6 is 0 Å². The van der Waals surface area contributed by atoms with Gasteiger partial charge < -0.3 is 5.73 Å². The van der Waals surface area contributed by atoms with Crippen molar-refractivity contribution >= 4 is 5.69 Å². The molecule has 0 radical (unpaired) electrons. The van der Waals surface area contributed by atoms with Crippen molar-refractivity contribution < 1.29 is 0 Å². The number of aryl methyl sites for hydroxylation is 1. The fourth-order valence-electron chi connectivity index (χ4n) is 2.05. The van der Waals surface area contributed by atoms with Crippen LogP contribution in [-0.2, 0) is 6.54 Å². The Hall–Kier alpha value is -1.91. The van der Waals surface area contributed by atoms with Gasteiger partial charge in [0.25, 0.3) is 0 Å². The van der Waals surface area contributed by atoms with E-state index in [1.165, 1.54) is 0 Å². The summed E-state index contributed by atoms with van der Waals surface area (Å²) in [7, 11) is 0. The van der Waals surface area contributed by atoms with E-state index >= 15 is 0 Å². The highest BCUT2D eigenvalue weighted by molar-refractivity contribution is 5.74. The minimum Gasteiger partial charge on any atom is -0.398 e. The second-order valence-corrected chi connectivity index (χ2v) is 6.34. The van der Waals surface area contributed by atoms with E-state index in [0.717, 1.165) is 23.5 Å². The van der Waals surface area contributed by atoms with Crippen molar-refractivity contribution in [1.29, 1.82) is 0 Å². The molecule has 0 aliphatic rings. The van der Waals surface area contributed by atoms with Gasteiger partial charge in [-0.05, 0) is 40.3 Å². The Morgan fingerprint density at radius 2 is 2.00 bits per heavy atom. The first-order chi connectivity index (χ1) is 9.33. The average Bonchev–Trinajstić information content (AvgIpc) is 2.76. The molecule has 0 amide bonds. The predicted molar refractivity (Wildman–Crippen MR) is 81.0 cm³/mol. The first kappa shape index (κ1) is 14.5. The largest absolute Gasteiger partial charge is 0.398 e. The van der Waals surface area contributed by atoms with Crippen LogP contribution in [0.4, 0.5) is 5.69 Å². The quantitative estimate of drug-likeness (QED) is 0.870. The van der Waals surface area contributed by atoms with Gasteiger partial charge in [-0.3, -0.25) is 0 Å². The molecule has 0 spiro atoms. The molecule has 2 rings (SSSR count). The topological polar surface area (TPSA) is 69.6 Å². The van der Waals surface area contributed by atoms with Crippen molar-refractivity contribution in [2.45, 2.75) is 41.2 Å². The van der Waals surface area contributed by atoms with Gasteiger partial charge in [0.1, 0.15) is 0 Å². The van der Waals surface area contributed by atoms with E-state index in [1.807, 2.05) is 29.8 Å². The standard InChI is InChI=1S/C15H23N5/c1-10(2)15(4,5)9-20-14(17-18-19-20)13-11(3)7-6-8-12(13)16/h6-8,10H,9,16H2,1-5H3. The summed E-state index contributed by atoms with van der Waals surface area (Å²) in [5, 5.41) is 12.1. The number of nitrogen functional groups attached to an aromatic ring is 1. The predicted octanol–water partition coefficient (Wildman–Crippen LogP) is 2.91. The van der Waals surface area contributed by atoms with E-state index in [-0.39, 0.29) is 5.41 Å². The molecule has 2 N–H and O–H groups in total. The van der Waals surface area contributed by atoms with E-state index in [0.29, 0.717) is 11.6 Å². The van der Waals surface area contributed by atoms with Crippen LogP contribution in [0.2, 0.25) is 0 Å². The molecule has 0 fully saturated rings. The van der Waals surface area contributed by atoms with E-state index in [2.05, 4.69) is 43.2 Å². The number of tetrazole rings is 1. The molecular formula is C15H23N5. The van der Waals surface area contributed by atoms with Crippen molar-refractivity contribution in [1.82, 2.24) is 20.2 Å². The number of aromatic nitrogens is 4. The van der Waals surface area contributed by atoms with Crippen LogP contribution in [0.1, 0.15) is 33.3 Å². The monoisotopic (exact) mass is 273 g/mol. The summed E-state index contributed by atoms with van der Waals surface area (Å²) < 4.78 is 1.86. The summed E-state index contributed by atoms with van der Waals surface area (Å²) in [6.45, 7) is 11.7. The fourth-order valence-corrected chi connectivity index (χ4v) is 2.05. The second kappa shape index (κ2) is 5.23. The Morgan fingerprint density at radius 3 is 2.60 bits per heavy atom. The highest BCUT2D eigenvalue weighted by Gasteiger charge is 2.26. The maximum atomic E-state index is 6.10. The maximum Gasteiger partial charge on any atom is 0.184 e. The summed E-state index contributed by atoms with van der Waals surface area (Å²) in [6, 6.07) is 5.85. The van der Waals surface area contributed by atoms with Gasteiger partial charge in [0.15, 0.2) is 5.82 Å². The third-order valence-electron chi connectivity index (χ3n) is 4.18. The lowest BCUT2D eigenvalue weighted by atomic mass is 9.81. The average molecular weight is 273 g/mol. The van der Waals surface area contributed by atoms with E-state index in [4.69, 9.17) is 5.73 Å². The summed E-state index contributed by atoms with van der Waals surface area (Å²) in [6.07, 6.45) is 0. The van der Waals surface area contributed by atoms with E-state index in [1.54, 1.807) is 0 Å². The summed E-state index contributed by atoms with van der Waals surface area (Å²) in [5.74, 6) is 1.28. The van der Waals surface area contributed by atoms with Crippen LogP contribution in [-0.4, -0.2) is 20.2 Å². The highest BCUT2D eigenvalue weighted by atomic mass is 15.5. The molecule has 0 saturated carbocycles. The molecule has 108 valence electrons. The Labute approximate surface area is 120 Å². The van der Waals surface area contributed by atoms with Gasteiger partial charge in [0, 0.05) is 11.3 Å². The smallest absolute Gasteiger partial charge is 0.184 e. The van der Waals surface area contributed by atoms with Crippen LogP contribution in [0, 0.1) is 18.3 Å². The van der Waals surface area contributed by atoms with E-state index in [9.17, 15) is 0 Å². The lowest BCUT2D eigenvalue weighted by Gasteiger charge is -2.29. The van der Waals surface area contributed by atoms with Crippen molar-refractivity contribution in [3.63, 3.8) is 0 Å². The zero-order valence-corrected chi connectivity index (χ0v) is 12.9. The number of nitrogens with two attached hydrogens (primary N) is 1. The molecule has 1 heterocycles. The number of hydrogen-bond donors (Lipinski definition) is 1. The molecule has 2 aromatic rings. The summed E-state index contributed by atoms with van der Waals surface area (Å²) in [4.78, 5) is 0. The Balaban J connectivity index is 2.44. The molecule has 20 heavy (non-hydrogen) atoms. The Morgan fingerprint density at radius 1 is 1.30 bits per heavy atom. The van der Waals surface area contributed by atoms with Crippen LogP contribution in [0.5, 0.6) is 0 Å². The molecular weight excluding hydrogens is 250 g/mol. The van der Waals surface area contributed by atoms with Crippen LogP contribution < -0.4 is 5.73 Å². The molecule has 5 nitrogen and oxygen atoms in total. The zero-order chi connectivity index (χ0) is 14.9. The van der Waals surface area contributed by atoms with Crippen LogP contribution in [0.3, 0.4) is 0 Å². The number of benzene rings is 1. The summed E-state index contributed by atoms with van der Waals surface area (Å²) >= 11 is 0. The van der Waals surface area contributed by atoms with Crippen molar-refractivity contribution in [3.05, 3.63) is 23.8 Å². The molecule has 0 saturated heterocycles. The number of rotatable bonds is 4. The molecule has 0 atom stereocenters. The highest BCUT2D eigenvalue weighted by Crippen LogP contribution is 2.32.